The van der Waals surface area contributed by atoms with Gasteiger partial charge in [0.2, 0.25) is 0 Å². The van der Waals surface area contributed by atoms with Gasteiger partial charge in [-0.25, -0.2) is 4.31 Å². The van der Waals surface area contributed by atoms with Crippen LogP contribution in [0.5, 0.6) is 0 Å². The van der Waals surface area contributed by atoms with Gasteiger partial charge < -0.3 is 5.73 Å². The van der Waals surface area contributed by atoms with Gasteiger partial charge in [0.25, 0.3) is 0 Å². The normalized spacial score (nSPS) is 17.2. The topological polar surface area (TPSA) is 81.3 Å². The van der Waals surface area contributed by atoms with E-state index in [4.69, 9.17) is 5.73 Å². The summed E-state index contributed by atoms with van der Waals surface area (Å²) >= 11 is 1.67. The molecule has 0 aliphatic carbocycles. The van der Waals surface area contributed by atoms with Crippen molar-refractivity contribution in [1.82, 2.24) is 4.31 Å². The number of hydrogen-bond donors (Lipinski definition) is 3. The van der Waals surface area contributed by atoms with Crippen molar-refractivity contribution < 1.29 is 0 Å². The van der Waals surface area contributed by atoms with Crippen LogP contribution < -0.4 is 17.4 Å². The van der Waals surface area contributed by atoms with E-state index in [9.17, 15) is 0 Å². The largest absolute Gasteiger partial charge is 0.318 e. The van der Waals surface area contributed by atoms with Crippen LogP contribution in [0.15, 0.2) is 11.5 Å². The smallest absolute Gasteiger partial charge is 0.0562 e. The molecule has 0 radical (unpaired) electrons. The molecule has 0 saturated heterocycles. The highest BCUT2D eigenvalue weighted by Gasteiger charge is 2.01. The van der Waals surface area contributed by atoms with E-state index < -0.39 is 0 Å². The Balaban J connectivity index is 0.000000291. The fourth-order valence-electron chi connectivity index (χ4n) is 0.450. The minimum absolute atomic E-state index is 0.650. The first-order chi connectivity index (χ1) is 4.43. The van der Waals surface area contributed by atoms with Gasteiger partial charge in [-0.15, -0.1) is 0 Å². The second-order valence-electron chi connectivity index (χ2n) is 1.32. The summed E-state index contributed by atoms with van der Waals surface area (Å²) in [5, 5.41) is 2.05. The molecule has 1 rings (SSSR count). The molecule has 0 saturated carbocycles. The summed E-state index contributed by atoms with van der Waals surface area (Å²) in [6, 6.07) is 0. The molecule has 0 fully saturated rings. The van der Waals surface area contributed by atoms with E-state index >= 15 is 0 Å². The molecule has 0 aromatic carbocycles. The standard InChI is InChI=1S/C4H8N2S.H4N2/c5-4-6-2-1-3-7-6;1-2/h1,3H,2,4-5H2;1-2H2. The molecule has 0 unspecified atom stereocenters. The second kappa shape index (κ2) is 6.06. The number of nitrogens with two attached hydrogens (primary N) is 3. The van der Waals surface area contributed by atoms with Gasteiger partial charge in [0.05, 0.1) is 6.67 Å². The highest BCUT2D eigenvalue weighted by atomic mass is 32.2. The first-order valence-corrected chi connectivity index (χ1v) is 3.37. The maximum Gasteiger partial charge on any atom is 0.0562 e. The van der Waals surface area contributed by atoms with E-state index in [1.54, 1.807) is 11.9 Å². The van der Waals surface area contributed by atoms with Crippen LogP contribution in [0.3, 0.4) is 0 Å². The van der Waals surface area contributed by atoms with Crippen LogP contribution in [0.1, 0.15) is 0 Å². The molecule has 0 aromatic rings. The zero-order valence-corrected chi connectivity index (χ0v) is 5.97. The molecule has 0 bridgehead atoms. The molecule has 54 valence electrons. The van der Waals surface area contributed by atoms with Gasteiger partial charge in [0, 0.05) is 6.54 Å². The Morgan fingerprint density at radius 3 is 2.44 bits per heavy atom. The number of rotatable bonds is 1. The van der Waals surface area contributed by atoms with E-state index in [0.29, 0.717) is 6.67 Å². The van der Waals surface area contributed by atoms with Crippen LogP contribution in [0.2, 0.25) is 0 Å². The summed E-state index contributed by atoms with van der Waals surface area (Å²) in [5.41, 5.74) is 5.30. The number of hydrazine groups is 1. The minimum Gasteiger partial charge on any atom is -0.318 e. The van der Waals surface area contributed by atoms with Crippen molar-refractivity contribution >= 4 is 11.9 Å². The molecule has 9 heavy (non-hydrogen) atoms. The van der Waals surface area contributed by atoms with Crippen molar-refractivity contribution in [3.05, 3.63) is 11.5 Å². The van der Waals surface area contributed by atoms with Gasteiger partial charge in [0.1, 0.15) is 0 Å². The van der Waals surface area contributed by atoms with Gasteiger partial charge in [-0.2, -0.15) is 0 Å². The lowest BCUT2D eigenvalue weighted by atomic mass is 10.6. The molecule has 5 heteroatoms. The van der Waals surface area contributed by atoms with E-state index in [1.807, 2.05) is 5.41 Å². The summed E-state index contributed by atoms with van der Waals surface area (Å²) in [6.45, 7) is 1.65. The lowest BCUT2D eigenvalue weighted by Gasteiger charge is -2.06. The van der Waals surface area contributed by atoms with E-state index in [1.165, 1.54) is 0 Å². The summed E-state index contributed by atoms with van der Waals surface area (Å²) in [5.74, 6) is 8.00. The SMILES string of the molecule is NCN1CC=CS1.NN. The van der Waals surface area contributed by atoms with Gasteiger partial charge in [-0.1, -0.05) is 6.08 Å². The Kier molecular flexibility index (Phi) is 6.01. The average Bonchev–Trinajstić information content (AvgIpc) is 2.43. The lowest BCUT2D eigenvalue weighted by Crippen LogP contribution is -2.20. The van der Waals surface area contributed by atoms with Crippen LogP contribution >= 0.6 is 11.9 Å². The van der Waals surface area contributed by atoms with Gasteiger partial charge in [-0.05, 0) is 17.4 Å². The van der Waals surface area contributed by atoms with Crippen LogP contribution in [0, 0.1) is 0 Å². The lowest BCUT2D eigenvalue weighted by molar-refractivity contribution is 0.547. The maximum atomic E-state index is 5.30. The molecule has 4 nitrogen and oxygen atoms in total. The van der Waals surface area contributed by atoms with E-state index in [2.05, 4.69) is 22.1 Å². The molecular formula is C4H12N4S. The van der Waals surface area contributed by atoms with Crippen molar-refractivity contribution in [3.8, 4) is 0 Å². The van der Waals surface area contributed by atoms with Crippen molar-refractivity contribution in [3.63, 3.8) is 0 Å². The summed E-state index contributed by atoms with van der Waals surface area (Å²) in [4.78, 5) is 0. The van der Waals surface area contributed by atoms with Crippen molar-refractivity contribution in [1.29, 1.82) is 0 Å². The molecule has 0 atom stereocenters. The minimum atomic E-state index is 0.650. The van der Waals surface area contributed by atoms with Gasteiger partial charge in [0.15, 0.2) is 0 Å². The first kappa shape index (κ1) is 8.93. The highest BCUT2D eigenvalue weighted by molar-refractivity contribution is 8.00. The zero-order chi connectivity index (χ0) is 7.11. The molecular weight excluding hydrogens is 136 g/mol. The molecule has 1 aliphatic heterocycles. The molecule has 0 amide bonds. The molecule has 0 aromatic heterocycles. The van der Waals surface area contributed by atoms with Crippen LogP contribution in [0.25, 0.3) is 0 Å². The van der Waals surface area contributed by atoms with Gasteiger partial charge >= 0.3 is 0 Å². The average molecular weight is 148 g/mol. The highest BCUT2D eigenvalue weighted by Crippen LogP contribution is 2.14. The fraction of sp³-hybridized carbons (Fsp3) is 0.500. The monoisotopic (exact) mass is 148 g/mol. The predicted molar refractivity (Wildman–Crippen MR) is 40.9 cm³/mol. The Morgan fingerprint density at radius 1 is 1.56 bits per heavy atom. The van der Waals surface area contributed by atoms with E-state index in [-0.39, 0.29) is 0 Å². The van der Waals surface area contributed by atoms with Crippen molar-refractivity contribution in [2.75, 3.05) is 13.2 Å². The molecule has 0 spiro atoms. The molecule has 1 heterocycles. The Hall–Kier alpha value is -0.0700. The maximum absolute atomic E-state index is 5.30. The summed E-state index contributed by atoms with van der Waals surface area (Å²) in [6.07, 6.45) is 2.09. The summed E-state index contributed by atoms with van der Waals surface area (Å²) < 4.78 is 2.07. The second-order valence-corrected chi connectivity index (χ2v) is 2.32. The van der Waals surface area contributed by atoms with Crippen LogP contribution in [0.4, 0.5) is 0 Å². The molecule has 6 N–H and O–H groups in total. The quantitative estimate of drug-likeness (QED) is 0.258. The van der Waals surface area contributed by atoms with Crippen molar-refractivity contribution in [2.24, 2.45) is 17.4 Å². The Morgan fingerprint density at radius 2 is 2.22 bits per heavy atom. The Bertz CT molecular complexity index is 76.6. The van der Waals surface area contributed by atoms with Crippen LogP contribution in [-0.4, -0.2) is 17.5 Å². The fourth-order valence-corrected chi connectivity index (χ4v) is 1.05. The summed E-state index contributed by atoms with van der Waals surface area (Å²) in [7, 11) is 0. The number of nitrogens with zero attached hydrogens (tertiary/aromatic N) is 1. The predicted octanol–water partition coefficient (Wildman–Crippen LogP) is -0.801. The third-order valence-electron chi connectivity index (χ3n) is 0.819. The first-order valence-electron chi connectivity index (χ1n) is 2.53. The third kappa shape index (κ3) is 3.50. The van der Waals surface area contributed by atoms with Gasteiger partial charge in [-0.3, -0.25) is 11.7 Å². The molecule has 1 aliphatic rings. The third-order valence-corrected chi connectivity index (χ3v) is 1.73. The zero-order valence-electron chi connectivity index (χ0n) is 5.16. The van der Waals surface area contributed by atoms with Crippen molar-refractivity contribution in [2.45, 2.75) is 0 Å². The number of hydrogen-bond acceptors (Lipinski definition) is 5. The Labute approximate surface area is 59.2 Å². The van der Waals surface area contributed by atoms with Crippen LogP contribution in [-0.2, 0) is 0 Å². The van der Waals surface area contributed by atoms with E-state index in [0.717, 1.165) is 6.54 Å².